The van der Waals surface area contributed by atoms with Crippen molar-refractivity contribution in [3.05, 3.63) is 53.2 Å². The molecule has 0 spiro atoms. The molecule has 0 fully saturated rings. The number of rotatable bonds is 7. The number of alkyl halides is 2. The molecule has 0 aliphatic rings. The normalized spacial score (nSPS) is 12.1. The first kappa shape index (κ1) is 23.8. The minimum Gasteiger partial charge on any atom is -0.368 e. The first-order valence-electron chi connectivity index (χ1n) is 9.60. The largest absolute Gasteiger partial charge is 0.368 e. The molecule has 0 radical (unpaired) electrons. The van der Waals surface area contributed by atoms with Crippen molar-refractivity contribution >= 4 is 38.8 Å². The predicted octanol–water partition coefficient (Wildman–Crippen LogP) is 5.27. The van der Waals surface area contributed by atoms with Gasteiger partial charge in [-0.05, 0) is 44.2 Å². The highest BCUT2D eigenvalue weighted by atomic mass is 35.5. The summed E-state index contributed by atoms with van der Waals surface area (Å²) in [5, 5.41) is 6.38. The monoisotopic (exact) mass is 481 g/mol. The molecule has 2 aromatic heterocycles. The Morgan fingerprint density at radius 3 is 2.34 bits per heavy atom. The smallest absolute Gasteiger partial charge is 0.286 e. The van der Waals surface area contributed by atoms with Crippen molar-refractivity contribution in [1.82, 2.24) is 15.0 Å². The van der Waals surface area contributed by atoms with E-state index in [1.807, 2.05) is 13.8 Å². The molecule has 0 saturated heterocycles. The van der Waals surface area contributed by atoms with Gasteiger partial charge in [0.05, 0.1) is 4.90 Å². The molecule has 1 aromatic carbocycles. The first-order valence-corrected chi connectivity index (χ1v) is 11.9. The Labute approximate surface area is 190 Å². The number of aromatic nitrogens is 3. The Morgan fingerprint density at radius 1 is 1.03 bits per heavy atom. The van der Waals surface area contributed by atoms with Crippen LogP contribution in [0.15, 0.2) is 47.4 Å². The number of anilines is 3. The molecule has 170 valence electrons. The van der Waals surface area contributed by atoms with Crippen LogP contribution in [0.2, 0.25) is 5.02 Å². The minimum atomic E-state index is -3.48. The van der Waals surface area contributed by atoms with Crippen LogP contribution in [0.3, 0.4) is 0 Å². The van der Waals surface area contributed by atoms with Crippen LogP contribution in [0.25, 0.3) is 11.5 Å². The average molecular weight is 482 g/mol. The summed E-state index contributed by atoms with van der Waals surface area (Å²) >= 11 is 6.08. The number of nitrogens with one attached hydrogen (secondary N) is 2. The van der Waals surface area contributed by atoms with Gasteiger partial charge in [-0.1, -0.05) is 17.7 Å². The molecular weight excluding hydrogens is 460 g/mol. The number of hydrogen-bond donors (Lipinski definition) is 2. The molecule has 0 saturated carbocycles. The molecule has 11 heteroatoms. The van der Waals surface area contributed by atoms with Crippen LogP contribution in [0.5, 0.6) is 0 Å². The van der Waals surface area contributed by atoms with E-state index in [1.54, 1.807) is 12.1 Å². The summed E-state index contributed by atoms with van der Waals surface area (Å²) in [5.41, 5.74) is 0.158. The summed E-state index contributed by atoms with van der Waals surface area (Å²) in [5.74, 6) is -2.26. The number of nitrogens with zero attached hydrogens (tertiary/aromatic N) is 3. The third kappa shape index (κ3) is 6.10. The van der Waals surface area contributed by atoms with E-state index >= 15 is 0 Å². The van der Waals surface area contributed by atoms with Crippen molar-refractivity contribution in [3.8, 4) is 11.5 Å². The predicted molar refractivity (Wildman–Crippen MR) is 121 cm³/mol. The Morgan fingerprint density at radius 2 is 1.72 bits per heavy atom. The van der Waals surface area contributed by atoms with Crippen molar-refractivity contribution in [3.63, 3.8) is 0 Å². The molecular formula is C21H22ClF2N5O2S. The van der Waals surface area contributed by atoms with E-state index in [-0.39, 0.29) is 27.5 Å². The van der Waals surface area contributed by atoms with E-state index in [4.69, 9.17) is 11.6 Å². The van der Waals surface area contributed by atoms with Crippen molar-refractivity contribution in [2.45, 2.75) is 37.6 Å². The van der Waals surface area contributed by atoms with E-state index in [2.05, 4.69) is 25.6 Å². The van der Waals surface area contributed by atoms with Gasteiger partial charge in [0.1, 0.15) is 23.0 Å². The van der Waals surface area contributed by atoms with E-state index in [9.17, 15) is 17.2 Å². The van der Waals surface area contributed by atoms with E-state index in [0.717, 1.165) is 13.2 Å². The van der Waals surface area contributed by atoms with Gasteiger partial charge >= 0.3 is 0 Å². The van der Waals surface area contributed by atoms with Gasteiger partial charge in [-0.25, -0.2) is 23.4 Å². The van der Waals surface area contributed by atoms with Gasteiger partial charge in [0.2, 0.25) is 0 Å². The maximum absolute atomic E-state index is 13.8. The van der Waals surface area contributed by atoms with E-state index in [1.165, 1.54) is 30.3 Å². The molecule has 2 heterocycles. The van der Waals surface area contributed by atoms with Gasteiger partial charge < -0.3 is 10.6 Å². The Balaban J connectivity index is 2.07. The summed E-state index contributed by atoms with van der Waals surface area (Å²) in [4.78, 5) is 12.8. The highest BCUT2D eigenvalue weighted by molar-refractivity contribution is 7.90. The lowest BCUT2D eigenvalue weighted by Crippen LogP contribution is -2.13. The third-order valence-corrected chi connectivity index (χ3v) is 5.47. The van der Waals surface area contributed by atoms with Crippen LogP contribution in [-0.4, -0.2) is 35.7 Å². The first-order chi connectivity index (χ1) is 14.8. The molecule has 3 aromatic rings. The second-order valence-corrected chi connectivity index (χ2v) is 10.1. The number of hydrogen-bond acceptors (Lipinski definition) is 7. The zero-order valence-corrected chi connectivity index (χ0v) is 19.4. The highest BCUT2D eigenvalue weighted by Gasteiger charge is 2.26. The van der Waals surface area contributed by atoms with Crippen molar-refractivity contribution in [2.24, 2.45) is 0 Å². The lowest BCUT2D eigenvalue weighted by atomic mass is 10.2. The molecule has 0 aliphatic carbocycles. The lowest BCUT2D eigenvalue weighted by Gasteiger charge is -2.15. The molecule has 0 aliphatic heterocycles. The number of pyridine rings is 1. The Hall–Kier alpha value is -2.85. The lowest BCUT2D eigenvalue weighted by molar-refractivity contribution is 0.0129. The summed E-state index contributed by atoms with van der Waals surface area (Å²) in [7, 11) is -3.48. The van der Waals surface area contributed by atoms with Gasteiger partial charge in [-0.3, -0.25) is 0 Å². The second-order valence-electron chi connectivity index (χ2n) is 7.63. The quantitative estimate of drug-likeness (QED) is 0.474. The second kappa shape index (κ2) is 8.95. The average Bonchev–Trinajstić information content (AvgIpc) is 2.65. The molecule has 3 rings (SSSR count). The van der Waals surface area contributed by atoms with E-state index in [0.29, 0.717) is 17.3 Å². The summed E-state index contributed by atoms with van der Waals surface area (Å²) in [6.07, 6.45) is 1.08. The Bertz CT molecular complexity index is 1250. The van der Waals surface area contributed by atoms with Gasteiger partial charge in [-0.15, -0.1) is 0 Å². The number of halogens is 3. The molecule has 2 N–H and O–H groups in total. The van der Waals surface area contributed by atoms with Crippen LogP contribution < -0.4 is 10.6 Å². The summed E-state index contributed by atoms with van der Waals surface area (Å²) in [6.45, 7) is 4.60. The molecule has 0 amide bonds. The number of sulfone groups is 1. The van der Waals surface area contributed by atoms with Gasteiger partial charge in [-0.2, -0.15) is 8.78 Å². The van der Waals surface area contributed by atoms with Crippen molar-refractivity contribution in [2.75, 3.05) is 16.9 Å². The van der Waals surface area contributed by atoms with Crippen LogP contribution in [0, 0.1) is 0 Å². The van der Waals surface area contributed by atoms with Gasteiger partial charge in [0.25, 0.3) is 5.92 Å². The van der Waals surface area contributed by atoms with Gasteiger partial charge in [0.15, 0.2) is 15.7 Å². The molecule has 32 heavy (non-hydrogen) atoms. The zero-order chi connectivity index (χ0) is 23.7. The molecule has 0 bridgehead atoms. The van der Waals surface area contributed by atoms with Crippen LogP contribution in [0.1, 0.15) is 26.5 Å². The topological polar surface area (TPSA) is 96.9 Å². The fourth-order valence-corrected chi connectivity index (χ4v) is 3.78. The summed E-state index contributed by atoms with van der Waals surface area (Å²) in [6, 6.07) is 10.2. The van der Waals surface area contributed by atoms with Crippen molar-refractivity contribution in [1.29, 1.82) is 0 Å². The molecule has 7 nitrogen and oxygen atoms in total. The van der Waals surface area contributed by atoms with Crippen molar-refractivity contribution < 1.29 is 17.2 Å². The standard InChI is InChI=1S/C21H22ClF2N5O2S/c1-12(2)25-18-11-19(26-14-8-13(22)9-15(10-14)32(4,30)31)29-20(28-18)16-6-5-7-17(27-16)21(3,23)24/h5-12H,1-4H3,(H2,25,26,28,29). The van der Waals surface area contributed by atoms with Gasteiger partial charge in [0, 0.05) is 36.0 Å². The Kier molecular flexibility index (Phi) is 6.66. The maximum atomic E-state index is 13.8. The van der Waals surface area contributed by atoms with E-state index < -0.39 is 21.5 Å². The fourth-order valence-electron chi connectivity index (χ4n) is 2.80. The zero-order valence-electron chi connectivity index (χ0n) is 17.8. The fraction of sp³-hybridized carbons (Fsp3) is 0.286. The van der Waals surface area contributed by atoms with Crippen LogP contribution in [-0.2, 0) is 15.8 Å². The molecule has 0 unspecified atom stereocenters. The summed E-state index contributed by atoms with van der Waals surface area (Å²) < 4.78 is 51.4. The number of benzene rings is 1. The SMILES string of the molecule is CC(C)Nc1cc(Nc2cc(Cl)cc(S(C)(=O)=O)c2)nc(-c2cccc(C(C)(F)F)n2)n1. The highest BCUT2D eigenvalue weighted by Crippen LogP contribution is 2.29. The molecule has 0 atom stereocenters. The maximum Gasteiger partial charge on any atom is 0.286 e. The van der Waals surface area contributed by atoms with Crippen LogP contribution >= 0.6 is 11.6 Å². The third-order valence-electron chi connectivity index (χ3n) is 4.16. The van der Waals surface area contributed by atoms with Crippen LogP contribution in [0.4, 0.5) is 26.1 Å². The minimum absolute atomic E-state index is 0.0351.